The average Bonchev–Trinajstić information content (AvgIpc) is 3.50. The van der Waals surface area contributed by atoms with Gasteiger partial charge in [0.2, 0.25) is 10.0 Å². The molecular formula is C26H24N4O3S. The van der Waals surface area contributed by atoms with Gasteiger partial charge in [-0.25, -0.2) is 13.1 Å². The van der Waals surface area contributed by atoms with Crippen LogP contribution in [-0.4, -0.2) is 41.7 Å². The van der Waals surface area contributed by atoms with E-state index in [1.165, 1.54) is 10.7 Å². The minimum Gasteiger partial charge on any atom is -0.497 e. The van der Waals surface area contributed by atoms with E-state index in [9.17, 15) is 8.42 Å². The van der Waals surface area contributed by atoms with Crippen molar-refractivity contribution in [2.75, 3.05) is 13.4 Å². The molecule has 0 N–H and O–H groups in total. The standard InChI is InChI=1S/C26H24N4O3S/c1-33-22-15-13-20(14-16-22)26-23(18-29(28-26)21-11-7-4-8-12-21)24-17-25(19-9-5-3-6-10-19)30(27-24)34(2,31)32/h3-16,18,25H,17H2,1-2H3. The summed E-state index contributed by atoms with van der Waals surface area (Å²) in [6.45, 7) is 0. The van der Waals surface area contributed by atoms with Crippen LogP contribution in [-0.2, 0) is 10.0 Å². The molecule has 4 aromatic rings. The van der Waals surface area contributed by atoms with Gasteiger partial charge in [-0.15, -0.1) is 0 Å². The van der Waals surface area contributed by atoms with Crippen LogP contribution in [0.4, 0.5) is 0 Å². The largest absolute Gasteiger partial charge is 0.497 e. The maximum Gasteiger partial charge on any atom is 0.247 e. The quantitative estimate of drug-likeness (QED) is 0.409. The predicted octanol–water partition coefficient (Wildman–Crippen LogP) is 4.66. The first-order valence-corrected chi connectivity index (χ1v) is 12.7. The van der Waals surface area contributed by atoms with Gasteiger partial charge >= 0.3 is 0 Å². The number of sulfonamides is 1. The minimum atomic E-state index is -3.57. The van der Waals surface area contributed by atoms with Crippen LogP contribution in [0.15, 0.2) is 96.2 Å². The van der Waals surface area contributed by atoms with Gasteiger partial charge in [0.05, 0.1) is 30.8 Å². The molecule has 0 saturated heterocycles. The molecule has 0 bridgehead atoms. The second-order valence-electron chi connectivity index (χ2n) is 8.11. The van der Waals surface area contributed by atoms with Crippen LogP contribution >= 0.6 is 0 Å². The van der Waals surface area contributed by atoms with Crippen LogP contribution in [0.5, 0.6) is 5.75 Å². The lowest BCUT2D eigenvalue weighted by molar-refractivity contribution is 0.375. The first kappa shape index (κ1) is 21.9. The van der Waals surface area contributed by atoms with Gasteiger partial charge < -0.3 is 4.74 Å². The van der Waals surface area contributed by atoms with E-state index < -0.39 is 16.1 Å². The van der Waals surface area contributed by atoms with E-state index in [2.05, 4.69) is 5.10 Å². The maximum absolute atomic E-state index is 12.6. The summed E-state index contributed by atoms with van der Waals surface area (Å²) in [5, 5.41) is 9.46. The molecular weight excluding hydrogens is 448 g/mol. The summed E-state index contributed by atoms with van der Waals surface area (Å²) in [5.74, 6) is 0.749. The Morgan fingerprint density at radius 3 is 2.18 bits per heavy atom. The summed E-state index contributed by atoms with van der Waals surface area (Å²) in [7, 11) is -1.94. The average molecular weight is 473 g/mol. The van der Waals surface area contributed by atoms with Crippen LogP contribution in [0.2, 0.25) is 0 Å². The molecule has 5 rings (SSSR count). The van der Waals surface area contributed by atoms with Crippen molar-refractivity contribution < 1.29 is 13.2 Å². The molecule has 1 unspecified atom stereocenters. The van der Waals surface area contributed by atoms with Crippen LogP contribution in [0, 0.1) is 0 Å². The molecule has 0 spiro atoms. The van der Waals surface area contributed by atoms with E-state index in [-0.39, 0.29) is 0 Å². The first-order valence-electron chi connectivity index (χ1n) is 10.9. The van der Waals surface area contributed by atoms with Gasteiger partial charge in [-0.2, -0.15) is 14.6 Å². The van der Waals surface area contributed by atoms with Crippen LogP contribution < -0.4 is 4.74 Å². The fourth-order valence-electron chi connectivity index (χ4n) is 4.14. The van der Waals surface area contributed by atoms with Crippen molar-refractivity contribution in [3.8, 4) is 22.7 Å². The lowest BCUT2D eigenvalue weighted by atomic mass is 9.97. The fraction of sp³-hybridized carbons (Fsp3) is 0.154. The number of aromatic nitrogens is 2. The molecule has 8 heteroatoms. The normalized spacial score (nSPS) is 15.9. The Balaban J connectivity index is 1.63. The summed E-state index contributed by atoms with van der Waals surface area (Å²) >= 11 is 0. The highest BCUT2D eigenvalue weighted by Crippen LogP contribution is 2.37. The molecule has 1 aromatic heterocycles. The zero-order valence-corrected chi connectivity index (χ0v) is 19.7. The molecule has 2 heterocycles. The van der Waals surface area contributed by atoms with E-state index in [1.54, 1.807) is 11.8 Å². The van der Waals surface area contributed by atoms with Gasteiger partial charge in [0.25, 0.3) is 0 Å². The minimum absolute atomic E-state index is 0.407. The first-order chi connectivity index (χ1) is 16.4. The van der Waals surface area contributed by atoms with Gasteiger partial charge in [0.1, 0.15) is 11.4 Å². The molecule has 0 fully saturated rings. The lowest BCUT2D eigenvalue weighted by Crippen LogP contribution is -2.25. The predicted molar refractivity (Wildman–Crippen MR) is 133 cm³/mol. The van der Waals surface area contributed by atoms with E-state index in [4.69, 9.17) is 9.84 Å². The summed E-state index contributed by atoms with van der Waals surface area (Å²) in [4.78, 5) is 0. The van der Waals surface area contributed by atoms with Crippen molar-refractivity contribution in [1.82, 2.24) is 14.2 Å². The fourth-order valence-corrected chi connectivity index (χ4v) is 5.05. The highest BCUT2D eigenvalue weighted by atomic mass is 32.2. The number of hydrazone groups is 1. The molecule has 0 amide bonds. The van der Waals surface area contributed by atoms with Crippen molar-refractivity contribution in [2.24, 2.45) is 5.10 Å². The Bertz CT molecular complexity index is 1430. The van der Waals surface area contributed by atoms with Gasteiger partial charge in [0, 0.05) is 23.7 Å². The van der Waals surface area contributed by atoms with Crippen LogP contribution in [0.25, 0.3) is 16.9 Å². The molecule has 7 nitrogen and oxygen atoms in total. The molecule has 34 heavy (non-hydrogen) atoms. The van der Waals surface area contributed by atoms with Crippen molar-refractivity contribution in [2.45, 2.75) is 12.5 Å². The molecule has 1 aliphatic heterocycles. The van der Waals surface area contributed by atoms with E-state index >= 15 is 0 Å². The Kier molecular flexibility index (Phi) is 5.67. The van der Waals surface area contributed by atoms with Gasteiger partial charge in [-0.1, -0.05) is 48.5 Å². The SMILES string of the molecule is COc1ccc(-c2nn(-c3ccccc3)cc2C2=NN(S(C)(=O)=O)C(c3ccccc3)C2)cc1. The summed E-state index contributed by atoms with van der Waals surface area (Å²) in [6, 6.07) is 26.6. The van der Waals surface area contributed by atoms with E-state index in [0.29, 0.717) is 12.1 Å². The summed E-state index contributed by atoms with van der Waals surface area (Å²) in [6.07, 6.45) is 3.55. The highest BCUT2D eigenvalue weighted by molar-refractivity contribution is 7.88. The zero-order chi connectivity index (χ0) is 23.7. The second-order valence-corrected chi connectivity index (χ2v) is 9.95. The molecule has 3 aromatic carbocycles. The summed E-state index contributed by atoms with van der Waals surface area (Å²) < 4.78 is 33.6. The number of nitrogens with zero attached hydrogens (tertiary/aromatic N) is 4. The summed E-state index contributed by atoms with van der Waals surface area (Å²) in [5.41, 5.74) is 4.89. The smallest absolute Gasteiger partial charge is 0.247 e. The molecule has 1 aliphatic rings. The maximum atomic E-state index is 12.6. The Morgan fingerprint density at radius 1 is 0.912 bits per heavy atom. The third-order valence-electron chi connectivity index (χ3n) is 5.81. The lowest BCUT2D eigenvalue weighted by Gasteiger charge is -2.21. The van der Waals surface area contributed by atoms with Crippen molar-refractivity contribution in [3.63, 3.8) is 0 Å². The molecule has 172 valence electrons. The highest BCUT2D eigenvalue weighted by Gasteiger charge is 2.36. The monoisotopic (exact) mass is 472 g/mol. The van der Waals surface area contributed by atoms with Gasteiger partial charge in [-0.3, -0.25) is 0 Å². The number of ether oxygens (including phenoxy) is 1. The van der Waals surface area contributed by atoms with Crippen LogP contribution in [0.3, 0.4) is 0 Å². The molecule has 0 radical (unpaired) electrons. The molecule has 0 aliphatic carbocycles. The third kappa shape index (κ3) is 4.20. The molecule has 0 saturated carbocycles. The zero-order valence-electron chi connectivity index (χ0n) is 18.9. The Labute approximate surface area is 199 Å². The number of benzene rings is 3. The number of para-hydroxylation sites is 1. The Hall–Kier alpha value is -3.91. The number of hydrogen-bond acceptors (Lipinski definition) is 5. The number of hydrogen-bond donors (Lipinski definition) is 0. The van der Waals surface area contributed by atoms with Crippen molar-refractivity contribution in [3.05, 3.63) is 102 Å². The van der Waals surface area contributed by atoms with Crippen LogP contribution in [0.1, 0.15) is 23.6 Å². The third-order valence-corrected chi connectivity index (χ3v) is 6.82. The van der Waals surface area contributed by atoms with E-state index in [1.807, 2.05) is 91.1 Å². The van der Waals surface area contributed by atoms with E-state index in [0.717, 1.165) is 33.8 Å². The second kappa shape index (κ2) is 8.79. The van der Waals surface area contributed by atoms with Gasteiger partial charge in [0.15, 0.2) is 0 Å². The number of methoxy groups -OCH3 is 1. The van der Waals surface area contributed by atoms with Crippen molar-refractivity contribution in [1.29, 1.82) is 0 Å². The Morgan fingerprint density at radius 2 is 1.56 bits per heavy atom. The van der Waals surface area contributed by atoms with Gasteiger partial charge in [-0.05, 0) is 42.0 Å². The topological polar surface area (TPSA) is 76.8 Å². The van der Waals surface area contributed by atoms with Crippen molar-refractivity contribution >= 4 is 15.7 Å². The number of rotatable bonds is 6. The molecule has 1 atom stereocenters.